The van der Waals surface area contributed by atoms with Gasteiger partial charge >= 0.3 is 0 Å². The molecule has 6 heteroatoms. The van der Waals surface area contributed by atoms with Gasteiger partial charge in [0.05, 0.1) is 15.9 Å². The van der Waals surface area contributed by atoms with E-state index in [1.54, 1.807) is 11.7 Å². The molecule has 1 unspecified atom stereocenters. The lowest BCUT2D eigenvalue weighted by Crippen LogP contribution is -2.17. The van der Waals surface area contributed by atoms with Gasteiger partial charge in [0.25, 0.3) is 0 Å². The average Bonchev–Trinajstić information content (AvgIpc) is 2.59. The van der Waals surface area contributed by atoms with Crippen LogP contribution in [0.2, 0.25) is 0 Å². The Labute approximate surface area is 118 Å². The quantitative estimate of drug-likeness (QED) is 0.940. The molecule has 0 spiro atoms. The van der Waals surface area contributed by atoms with Crippen molar-refractivity contribution in [1.29, 1.82) is 0 Å². The molecule has 0 aliphatic heterocycles. The molecule has 0 radical (unpaired) electrons. The summed E-state index contributed by atoms with van der Waals surface area (Å²) in [7, 11) is 1.79. The van der Waals surface area contributed by atoms with Crippen molar-refractivity contribution in [2.45, 2.75) is 19.4 Å². The fourth-order valence-corrected chi connectivity index (χ4v) is 2.52. The molecule has 2 aromatic rings. The van der Waals surface area contributed by atoms with Gasteiger partial charge in [-0.25, -0.2) is 8.78 Å². The molecule has 0 fully saturated rings. The highest BCUT2D eigenvalue weighted by Gasteiger charge is 2.19. The van der Waals surface area contributed by atoms with Crippen LogP contribution in [0.4, 0.5) is 8.78 Å². The smallest absolute Gasteiger partial charge is 0.163 e. The van der Waals surface area contributed by atoms with Crippen molar-refractivity contribution in [2.75, 3.05) is 0 Å². The molecule has 2 rings (SSSR count). The first-order valence-corrected chi connectivity index (χ1v) is 6.58. The molecule has 3 nitrogen and oxygen atoms in total. The summed E-state index contributed by atoms with van der Waals surface area (Å²) in [5, 5.41) is 4.24. The first-order valence-electron chi connectivity index (χ1n) is 5.79. The molecule has 0 saturated carbocycles. The summed E-state index contributed by atoms with van der Waals surface area (Å²) in [6.45, 7) is 1.86. The van der Waals surface area contributed by atoms with Crippen LogP contribution in [0.25, 0.3) is 0 Å². The van der Waals surface area contributed by atoms with E-state index in [2.05, 4.69) is 21.0 Å². The lowest BCUT2D eigenvalue weighted by atomic mass is 10.0. The van der Waals surface area contributed by atoms with E-state index >= 15 is 0 Å². The van der Waals surface area contributed by atoms with Crippen LogP contribution in [-0.2, 0) is 13.5 Å². The normalized spacial score (nSPS) is 12.7. The maximum atomic E-state index is 13.7. The third kappa shape index (κ3) is 2.69. The number of aryl methyl sites for hydroxylation is 2. The fraction of sp³-hybridized carbons (Fsp3) is 0.308. The Morgan fingerprint density at radius 1 is 1.42 bits per heavy atom. The summed E-state index contributed by atoms with van der Waals surface area (Å²) < 4.78 is 29.4. The molecule has 0 bridgehead atoms. The zero-order valence-corrected chi connectivity index (χ0v) is 12.2. The summed E-state index contributed by atoms with van der Waals surface area (Å²) in [5.74, 6) is -1.77. The number of hydrogen-bond donors (Lipinski definition) is 1. The average molecular weight is 330 g/mol. The van der Waals surface area contributed by atoms with Gasteiger partial charge in [-0.2, -0.15) is 5.10 Å². The van der Waals surface area contributed by atoms with Crippen LogP contribution in [0, 0.1) is 18.6 Å². The van der Waals surface area contributed by atoms with Crippen molar-refractivity contribution < 1.29 is 8.78 Å². The first kappa shape index (κ1) is 14.1. The highest BCUT2D eigenvalue weighted by molar-refractivity contribution is 9.10. The Kier molecular flexibility index (Phi) is 4.01. The molecule has 1 heterocycles. The van der Waals surface area contributed by atoms with E-state index < -0.39 is 17.7 Å². The lowest BCUT2D eigenvalue weighted by Gasteiger charge is -2.14. The molecule has 1 atom stereocenters. The minimum Gasteiger partial charge on any atom is -0.324 e. The number of halogens is 3. The van der Waals surface area contributed by atoms with E-state index in [1.807, 2.05) is 6.92 Å². The molecule has 2 N–H and O–H groups in total. The minimum absolute atomic E-state index is 0.172. The Balaban J connectivity index is 2.31. The molecule has 0 aliphatic rings. The van der Waals surface area contributed by atoms with Gasteiger partial charge in [0.2, 0.25) is 0 Å². The van der Waals surface area contributed by atoms with E-state index in [0.717, 1.165) is 21.9 Å². The van der Waals surface area contributed by atoms with Crippen molar-refractivity contribution in [3.05, 3.63) is 51.3 Å². The fourth-order valence-electron chi connectivity index (χ4n) is 2.03. The lowest BCUT2D eigenvalue weighted by molar-refractivity contribution is 0.485. The number of nitrogens with two attached hydrogens (primary N) is 1. The van der Waals surface area contributed by atoms with Crippen molar-refractivity contribution in [2.24, 2.45) is 12.8 Å². The van der Waals surface area contributed by atoms with Crippen LogP contribution in [0.3, 0.4) is 0 Å². The Hall–Kier alpha value is -1.27. The molecule has 102 valence electrons. The monoisotopic (exact) mass is 329 g/mol. The number of aromatic nitrogens is 2. The van der Waals surface area contributed by atoms with Crippen LogP contribution in [0.1, 0.15) is 23.0 Å². The van der Waals surface area contributed by atoms with Crippen LogP contribution < -0.4 is 5.73 Å². The van der Waals surface area contributed by atoms with Crippen molar-refractivity contribution in [3.8, 4) is 0 Å². The van der Waals surface area contributed by atoms with Gasteiger partial charge in [-0.3, -0.25) is 4.68 Å². The first-order chi connectivity index (χ1) is 8.91. The van der Waals surface area contributed by atoms with Gasteiger partial charge in [0, 0.05) is 25.1 Å². The van der Waals surface area contributed by atoms with Crippen LogP contribution in [0.15, 0.2) is 22.7 Å². The van der Waals surface area contributed by atoms with Gasteiger partial charge in [-0.1, -0.05) is 12.1 Å². The van der Waals surface area contributed by atoms with E-state index in [4.69, 9.17) is 5.73 Å². The molecule has 1 aromatic heterocycles. The van der Waals surface area contributed by atoms with Crippen LogP contribution in [-0.4, -0.2) is 9.78 Å². The Morgan fingerprint density at radius 3 is 2.68 bits per heavy atom. The summed E-state index contributed by atoms with van der Waals surface area (Å²) in [6, 6.07) is 3.41. The predicted octanol–water partition coefficient (Wildman–Crippen LogP) is 3.01. The second-order valence-electron chi connectivity index (χ2n) is 4.42. The summed E-state index contributed by atoms with van der Waals surface area (Å²) in [4.78, 5) is 0. The summed E-state index contributed by atoms with van der Waals surface area (Å²) >= 11 is 3.43. The number of rotatable bonds is 3. The Morgan fingerprint density at radius 2 is 2.11 bits per heavy atom. The summed E-state index contributed by atoms with van der Waals surface area (Å²) in [5.41, 5.74) is 7.84. The molecular weight excluding hydrogens is 316 g/mol. The molecular formula is C13H14BrF2N3. The van der Waals surface area contributed by atoms with E-state index in [-0.39, 0.29) is 5.56 Å². The molecule has 0 amide bonds. The minimum atomic E-state index is -0.884. The molecule has 0 aliphatic carbocycles. The number of nitrogens with zero attached hydrogens (tertiary/aromatic N) is 2. The zero-order chi connectivity index (χ0) is 14.2. The van der Waals surface area contributed by atoms with Crippen molar-refractivity contribution in [3.63, 3.8) is 0 Å². The van der Waals surface area contributed by atoms with Gasteiger partial charge in [0.15, 0.2) is 11.6 Å². The van der Waals surface area contributed by atoms with E-state index in [0.29, 0.717) is 6.42 Å². The zero-order valence-electron chi connectivity index (χ0n) is 10.6. The summed E-state index contributed by atoms with van der Waals surface area (Å²) in [6.07, 6.45) is 0.373. The van der Waals surface area contributed by atoms with Crippen molar-refractivity contribution >= 4 is 15.9 Å². The third-order valence-corrected chi connectivity index (χ3v) is 4.09. The van der Waals surface area contributed by atoms with Gasteiger partial charge < -0.3 is 5.73 Å². The van der Waals surface area contributed by atoms with E-state index in [9.17, 15) is 8.78 Å². The second-order valence-corrected chi connectivity index (χ2v) is 5.22. The van der Waals surface area contributed by atoms with Gasteiger partial charge in [0.1, 0.15) is 0 Å². The number of hydrogen-bond acceptors (Lipinski definition) is 2. The maximum absolute atomic E-state index is 13.7. The molecule has 19 heavy (non-hydrogen) atoms. The SMILES string of the molecule is Cc1nn(C)c(CC(N)c2cccc(F)c2F)c1Br. The predicted molar refractivity (Wildman–Crippen MR) is 72.6 cm³/mol. The van der Waals surface area contributed by atoms with E-state index in [1.165, 1.54) is 12.1 Å². The molecule has 1 aromatic carbocycles. The third-order valence-electron chi connectivity index (χ3n) is 3.06. The van der Waals surface area contributed by atoms with Crippen molar-refractivity contribution in [1.82, 2.24) is 9.78 Å². The highest BCUT2D eigenvalue weighted by atomic mass is 79.9. The molecule has 0 saturated heterocycles. The standard InChI is InChI=1S/C13H14BrF2N3/c1-7-12(14)11(19(2)18-7)6-10(17)8-4-3-5-9(15)13(8)16/h3-5,10H,6,17H2,1-2H3. The van der Waals surface area contributed by atoms with Gasteiger partial charge in [-0.05, 0) is 28.9 Å². The topological polar surface area (TPSA) is 43.8 Å². The van der Waals surface area contributed by atoms with Crippen LogP contribution >= 0.6 is 15.9 Å². The largest absolute Gasteiger partial charge is 0.324 e. The Bertz CT molecular complexity index is 610. The second kappa shape index (κ2) is 5.38. The number of benzene rings is 1. The van der Waals surface area contributed by atoms with Crippen LogP contribution in [0.5, 0.6) is 0 Å². The highest BCUT2D eigenvalue weighted by Crippen LogP contribution is 2.26. The maximum Gasteiger partial charge on any atom is 0.163 e. The van der Waals surface area contributed by atoms with Gasteiger partial charge in [-0.15, -0.1) is 0 Å².